The summed E-state index contributed by atoms with van der Waals surface area (Å²) in [7, 11) is 5.98. The van der Waals surface area contributed by atoms with E-state index >= 15 is 0 Å². The normalized spacial score (nSPS) is 10.8. The molecule has 2 aromatic heterocycles. The van der Waals surface area contributed by atoms with Crippen molar-refractivity contribution >= 4 is 35.1 Å². The number of carbonyl (C=O) groups is 2. The third-order valence-corrected chi connectivity index (χ3v) is 4.67. The van der Waals surface area contributed by atoms with Gasteiger partial charge in [0, 0.05) is 30.5 Å². The molecule has 0 atom stereocenters. The molecule has 0 saturated heterocycles. The summed E-state index contributed by atoms with van der Waals surface area (Å²) in [4.78, 5) is 28.3. The second-order valence-electron chi connectivity index (χ2n) is 8.12. The number of pyridine rings is 1. The third-order valence-electron chi connectivity index (χ3n) is 3.93. The van der Waals surface area contributed by atoms with Crippen molar-refractivity contribution in [3.05, 3.63) is 40.3 Å². The Balaban J connectivity index is 0.000000592. The van der Waals surface area contributed by atoms with Gasteiger partial charge in [0.2, 0.25) is 0 Å². The average molecular weight is 450 g/mol. The van der Waals surface area contributed by atoms with E-state index in [1.807, 2.05) is 44.6 Å². The summed E-state index contributed by atoms with van der Waals surface area (Å²) >= 11 is 1.54. The SMILES string of the molecule is CC(C)(C)OC=O.CNc1cscc1NC(=O)c1ccc(CNCCCN(C)C)cn1. The van der Waals surface area contributed by atoms with Crippen LogP contribution in [-0.2, 0) is 16.1 Å². The van der Waals surface area contributed by atoms with Crippen molar-refractivity contribution in [2.24, 2.45) is 0 Å². The fraction of sp³-hybridized carbons (Fsp3) is 0.500. The molecule has 0 aliphatic heterocycles. The van der Waals surface area contributed by atoms with Crippen molar-refractivity contribution in [2.45, 2.75) is 39.3 Å². The van der Waals surface area contributed by atoms with Crippen molar-refractivity contribution in [1.82, 2.24) is 15.2 Å². The zero-order chi connectivity index (χ0) is 23.3. The van der Waals surface area contributed by atoms with Crippen LogP contribution < -0.4 is 16.0 Å². The predicted octanol–water partition coefficient (Wildman–Crippen LogP) is 3.44. The number of ether oxygens (including phenoxy) is 1. The highest BCUT2D eigenvalue weighted by atomic mass is 32.1. The first kappa shape index (κ1) is 26.5. The second kappa shape index (κ2) is 13.7. The summed E-state index contributed by atoms with van der Waals surface area (Å²) in [6.07, 6.45) is 2.86. The standard InChI is InChI=1S/C17H25N5OS.C5H10O2/c1-18-15-11-24-12-16(15)21-17(23)14-6-5-13(10-20-14)9-19-7-4-8-22(2)3;1-5(2,3)7-4-6/h5-6,10-12,18-19H,4,7-9H2,1-3H3,(H,21,23);4H,1-3H3. The lowest BCUT2D eigenvalue weighted by Gasteiger charge is -2.14. The summed E-state index contributed by atoms with van der Waals surface area (Å²) in [6.45, 7) is 8.72. The van der Waals surface area contributed by atoms with Crippen molar-refractivity contribution < 1.29 is 14.3 Å². The Morgan fingerprint density at radius 2 is 1.94 bits per heavy atom. The van der Waals surface area contributed by atoms with Crippen LogP contribution in [0.15, 0.2) is 29.1 Å². The highest BCUT2D eigenvalue weighted by molar-refractivity contribution is 7.09. The Hall–Kier alpha value is -2.49. The highest BCUT2D eigenvalue weighted by Crippen LogP contribution is 2.26. The van der Waals surface area contributed by atoms with Crippen LogP contribution in [0.4, 0.5) is 11.4 Å². The van der Waals surface area contributed by atoms with Crippen molar-refractivity contribution in [2.75, 3.05) is 44.9 Å². The molecule has 0 bridgehead atoms. The summed E-state index contributed by atoms with van der Waals surface area (Å²) in [6, 6.07) is 3.70. The minimum absolute atomic E-state index is 0.199. The number of hydrogen-bond donors (Lipinski definition) is 3. The minimum Gasteiger partial charge on any atom is -0.462 e. The molecule has 0 aliphatic carbocycles. The van der Waals surface area contributed by atoms with Crippen molar-refractivity contribution in [3.63, 3.8) is 0 Å². The van der Waals surface area contributed by atoms with Gasteiger partial charge < -0.3 is 25.6 Å². The van der Waals surface area contributed by atoms with Gasteiger partial charge in [-0.1, -0.05) is 6.07 Å². The molecule has 0 unspecified atom stereocenters. The molecule has 0 radical (unpaired) electrons. The van der Waals surface area contributed by atoms with Crippen LogP contribution in [0.5, 0.6) is 0 Å². The van der Waals surface area contributed by atoms with E-state index in [1.54, 1.807) is 12.3 Å². The molecule has 0 saturated carbocycles. The molecule has 9 heteroatoms. The van der Waals surface area contributed by atoms with Crippen LogP contribution in [-0.4, -0.2) is 62.1 Å². The first-order chi connectivity index (χ1) is 14.7. The first-order valence-electron chi connectivity index (χ1n) is 10.1. The van der Waals surface area contributed by atoms with E-state index in [9.17, 15) is 9.59 Å². The van der Waals surface area contributed by atoms with E-state index in [4.69, 9.17) is 0 Å². The van der Waals surface area contributed by atoms with Gasteiger partial charge >= 0.3 is 0 Å². The van der Waals surface area contributed by atoms with Gasteiger partial charge in [0.15, 0.2) is 0 Å². The summed E-state index contributed by atoms with van der Waals surface area (Å²) in [5.41, 5.74) is 2.86. The first-order valence-corrected chi connectivity index (χ1v) is 11.1. The predicted molar refractivity (Wildman–Crippen MR) is 128 cm³/mol. The molecule has 31 heavy (non-hydrogen) atoms. The Morgan fingerprint density at radius 1 is 1.23 bits per heavy atom. The zero-order valence-electron chi connectivity index (χ0n) is 19.3. The molecule has 0 aliphatic rings. The molecule has 1 amide bonds. The molecule has 2 heterocycles. The van der Waals surface area contributed by atoms with E-state index in [2.05, 4.69) is 44.7 Å². The fourth-order valence-electron chi connectivity index (χ4n) is 2.33. The number of carbonyl (C=O) groups excluding carboxylic acids is 2. The van der Waals surface area contributed by atoms with E-state index < -0.39 is 0 Å². The molecule has 8 nitrogen and oxygen atoms in total. The number of nitrogens with one attached hydrogen (secondary N) is 3. The average Bonchev–Trinajstić information content (AvgIpc) is 3.14. The zero-order valence-corrected chi connectivity index (χ0v) is 20.1. The van der Waals surface area contributed by atoms with Crippen molar-refractivity contribution in [3.8, 4) is 0 Å². The number of aromatic nitrogens is 1. The van der Waals surface area contributed by atoms with Crippen LogP contribution in [0.1, 0.15) is 43.2 Å². The monoisotopic (exact) mass is 449 g/mol. The van der Waals surface area contributed by atoms with Crippen LogP contribution in [0.2, 0.25) is 0 Å². The Bertz CT molecular complexity index is 785. The van der Waals surface area contributed by atoms with Crippen molar-refractivity contribution in [1.29, 1.82) is 0 Å². The van der Waals surface area contributed by atoms with Gasteiger partial charge in [-0.05, 0) is 66.0 Å². The molecule has 2 aromatic rings. The topological polar surface area (TPSA) is 95.6 Å². The van der Waals surface area contributed by atoms with Crippen LogP contribution in [0.3, 0.4) is 0 Å². The number of anilines is 2. The number of hydrogen-bond acceptors (Lipinski definition) is 8. The maximum Gasteiger partial charge on any atom is 0.293 e. The third kappa shape index (κ3) is 11.5. The smallest absolute Gasteiger partial charge is 0.293 e. The molecule has 0 spiro atoms. The Labute approximate surface area is 189 Å². The van der Waals surface area contributed by atoms with Gasteiger partial charge in [0.25, 0.3) is 12.4 Å². The maximum absolute atomic E-state index is 12.2. The molecule has 3 N–H and O–H groups in total. The largest absolute Gasteiger partial charge is 0.462 e. The molecule has 2 rings (SSSR count). The molecule has 0 fully saturated rings. The van der Waals surface area contributed by atoms with Crippen LogP contribution >= 0.6 is 11.3 Å². The van der Waals surface area contributed by atoms with Gasteiger partial charge in [-0.3, -0.25) is 14.6 Å². The molecule has 172 valence electrons. The Kier molecular flexibility index (Phi) is 11.8. The maximum atomic E-state index is 12.2. The van der Waals surface area contributed by atoms with Crippen LogP contribution in [0.25, 0.3) is 0 Å². The molecule has 0 aromatic carbocycles. The lowest BCUT2D eigenvalue weighted by atomic mass is 10.2. The van der Waals surface area contributed by atoms with Gasteiger partial charge in [0.05, 0.1) is 11.4 Å². The van der Waals surface area contributed by atoms with E-state index in [1.165, 1.54) is 11.3 Å². The Morgan fingerprint density at radius 3 is 2.45 bits per heavy atom. The van der Waals surface area contributed by atoms with Gasteiger partial charge in [0.1, 0.15) is 11.3 Å². The summed E-state index contributed by atoms with van der Waals surface area (Å²) in [5.74, 6) is -0.199. The lowest BCUT2D eigenvalue weighted by Crippen LogP contribution is -2.21. The number of nitrogens with zero attached hydrogens (tertiary/aromatic N) is 2. The molecular formula is C22H35N5O3S. The highest BCUT2D eigenvalue weighted by Gasteiger charge is 2.11. The van der Waals surface area contributed by atoms with Gasteiger partial charge in [-0.25, -0.2) is 0 Å². The number of thiophene rings is 1. The van der Waals surface area contributed by atoms with E-state index in [0.29, 0.717) is 12.2 Å². The second-order valence-corrected chi connectivity index (χ2v) is 8.86. The fourth-order valence-corrected chi connectivity index (χ4v) is 3.11. The lowest BCUT2D eigenvalue weighted by molar-refractivity contribution is -0.138. The van der Waals surface area contributed by atoms with E-state index in [0.717, 1.165) is 43.0 Å². The minimum atomic E-state index is -0.318. The summed E-state index contributed by atoms with van der Waals surface area (Å²) in [5, 5.41) is 13.2. The van der Waals surface area contributed by atoms with Crippen LogP contribution in [0, 0.1) is 0 Å². The van der Waals surface area contributed by atoms with Gasteiger partial charge in [-0.2, -0.15) is 0 Å². The molecular weight excluding hydrogens is 414 g/mol. The quantitative estimate of drug-likeness (QED) is 0.378. The van der Waals surface area contributed by atoms with Gasteiger partial charge in [-0.15, -0.1) is 11.3 Å². The number of rotatable bonds is 10. The number of amides is 1. The summed E-state index contributed by atoms with van der Waals surface area (Å²) < 4.78 is 4.55. The van der Waals surface area contributed by atoms with E-state index in [-0.39, 0.29) is 11.5 Å².